The Balaban J connectivity index is 1.77. The van der Waals surface area contributed by atoms with Crippen LogP contribution in [0.15, 0.2) is 91.0 Å². The first-order chi connectivity index (χ1) is 11.8. The van der Waals surface area contributed by atoms with Gasteiger partial charge in [0.2, 0.25) is 0 Å². The Hall–Kier alpha value is -2.38. The summed E-state index contributed by atoms with van der Waals surface area (Å²) in [6.07, 6.45) is 1.10. The number of benzene rings is 3. The second kappa shape index (κ2) is 6.26. The van der Waals surface area contributed by atoms with Crippen molar-refractivity contribution in [2.45, 2.75) is 30.8 Å². The molecule has 1 aliphatic rings. The monoisotopic (exact) mass is 313 g/mol. The Bertz CT molecular complexity index is 782. The van der Waals surface area contributed by atoms with Crippen molar-refractivity contribution in [1.82, 2.24) is 5.32 Å². The zero-order chi connectivity index (χ0) is 16.4. The van der Waals surface area contributed by atoms with Gasteiger partial charge in [-0.05, 0) is 23.1 Å². The summed E-state index contributed by atoms with van der Waals surface area (Å²) in [6, 6.07) is 33.3. The molecule has 1 aliphatic heterocycles. The quantitative estimate of drug-likeness (QED) is 0.681. The molecule has 1 N–H and O–H groups in total. The molecule has 1 nitrogen and oxygen atoms in total. The molecule has 0 bridgehead atoms. The summed E-state index contributed by atoms with van der Waals surface area (Å²) < 4.78 is 0. The Labute approximate surface area is 144 Å². The van der Waals surface area contributed by atoms with E-state index in [0.717, 1.165) is 6.42 Å². The fraction of sp³-hybridized carbons (Fsp3) is 0.217. The van der Waals surface area contributed by atoms with Gasteiger partial charge in [-0.3, -0.25) is 0 Å². The number of rotatable bonds is 3. The molecule has 4 rings (SSSR count). The zero-order valence-electron chi connectivity index (χ0n) is 14.0. The van der Waals surface area contributed by atoms with Crippen LogP contribution in [0.2, 0.25) is 0 Å². The summed E-state index contributed by atoms with van der Waals surface area (Å²) in [5.74, 6) is 0. The molecule has 0 amide bonds. The number of hydrogen-bond acceptors (Lipinski definition) is 1. The average Bonchev–Trinajstić information content (AvgIpc) is 3.03. The van der Waals surface area contributed by atoms with E-state index < -0.39 is 0 Å². The molecule has 1 heterocycles. The normalized spacial score (nSPS) is 26.4. The fourth-order valence-corrected chi connectivity index (χ4v) is 4.10. The van der Waals surface area contributed by atoms with Gasteiger partial charge in [0.25, 0.3) is 0 Å². The van der Waals surface area contributed by atoms with Crippen LogP contribution in [-0.4, -0.2) is 0 Å². The minimum absolute atomic E-state index is 0.0725. The highest BCUT2D eigenvalue weighted by molar-refractivity contribution is 5.37. The molecule has 3 aromatic rings. The van der Waals surface area contributed by atoms with E-state index in [2.05, 4.69) is 103 Å². The highest BCUT2D eigenvalue weighted by Gasteiger charge is 2.45. The first-order valence-corrected chi connectivity index (χ1v) is 8.69. The lowest BCUT2D eigenvalue weighted by Gasteiger charge is -2.32. The first-order valence-electron chi connectivity index (χ1n) is 8.69. The van der Waals surface area contributed by atoms with E-state index in [-0.39, 0.29) is 5.41 Å². The van der Waals surface area contributed by atoms with Gasteiger partial charge in [-0.2, -0.15) is 0 Å². The van der Waals surface area contributed by atoms with Gasteiger partial charge in [-0.25, -0.2) is 0 Å². The fourth-order valence-electron chi connectivity index (χ4n) is 4.10. The largest absolute Gasteiger partial charge is 0.302 e. The van der Waals surface area contributed by atoms with Crippen LogP contribution in [0.1, 0.15) is 42.1 Å². The van der Waals surface area contributed by atoms with Gasteiger partial charge in [0.15, 0.2) is 0 Å². The van der Waals surface area contributed by atoms with Gasteiger partial charge in [0, 0.05) is 17.5 Å². The van der Waals surface area contributed by atoms with Crippen molar-refractivity contribution < 1.29 is 0 Å². The molecule has 0 saturated carbocycles. The molecular weight excluding hydrogens is 290 g/mol. The maximum atomic E-state index is 3.91. The van der Waals surface area contributed by atoms with Crippen molar-refractivity contribution >= 4 is 0 Å². The van der Waals surface area contributed by atoms with E-state index in [1.54, 1.807) is 0 Å². The first kappa shape index (κ1) is 15.2. The van der Waals surface area contributed by atoms with Crippen LogP contribution < -0.4 is 5.32 Å². The van der Waals surface area contributed by atoms with Gasteiger partial charge in [-0.15, -0.1) is 0 Å². The van der Waals surface area contributed by atoms with Gasteiger partial charge in [-0.1, -0.05) is 97.9 Å². The molecule has 1 fully saturated rings. The summed E-state index contributed by atoms with van der Waals surface area (Å²) in [5, 5.41) is 3.91. The lowest BCUT2D eigenvalue weighted by Crippen LogP contribution is -2.30. The standard InChI is InChI=1S/C23H23N/c1-23(20-15-9-4-10-16-20)17-21(18-11-5-2-6-12-18)24-22(23)19-13-7-3-8-14-19/h2-16,21-22,24H,17H2,1H3/t21-,22-,23+/m1/s1. The minimum Gasteiger partial charge on any atom is -0.302 e. The van der Waals surface area contributed by atoms with Gasteiger partial charge >= 0.3 is 0 Å². The highest BCUT2D eigenvalue weighted by Crippen LogP contribution is 2.49. The predicted molar refractivity (Wildman–Crippen MR) is 99.9 cm³/mol. The van der Waals surface area contributed by atoms with Crippen molar-refractivity contribution in [3.05, 3.63) is 108 Å². The molecule has 0 aliphatic carbocycles. The molecule has 1 heteroatoms. The Morgan fingerprint density at radius 1 is 0.708 bits per heavy atom. The molecule has 24 heavy (non-hydrogen) atoms. The SMILES string of the molecule is C[C@@]1(c2ccccc2)C[C@H](c2ccccc2)N[C@@H]1c1ccccc1. The maximum absolute atomic E-state index is 3.91. The number of nitrogens with one attached hydrogen (secondary N) is 1. The number of hydrogen-bond donors (Lipinski definition) is 1. The second-order valence-electron chi connectivity index (χ2n) is 6.96. The lowest BCUT2D eigenvalue weighted by atomic mass is 9.73. The maximum Gasteiger partial charge on any atom is 0.0421 e. The topological polar surface area (TPSA) is 12.0 Å². The van der Waals surface area contributed by atoms with Crippen LogP contribution in [0.3, 0.4) is 0 Å². The van der Waals surface area contributed by atoms with Crippen LogP contribution in [0.25, 0.3) is 0 Å². The Morgan fingerprint density at radius 3 is 1.79 bits per heavy atom. The predicted octanol–water partition coefficient (Wildman–Crippen LogP) is 5.42. The third-order valence-corrected chi connectivity index (χ3v) is 5.40. The third kappa shape index (κ3) is 2.65. The summed E-state index contributed by atoms with van der Waals surface area (Å²) >= 11 is 0. The van der Waals surface area contributed by atoms with E-state index in [1.165, 1.54) is 16.7 Å². The van der Waals surface area contributed by atoms with Crippen molar-refractivity contribution in [2.24, 2.45) is 0 Å². The van der Waals surface area contributed by atoms with E-state index in [0.29, 0.717) is 12.1 Å². The van der Waals surface area contributed by atoms with Crippen molar-refractivity contribution in [2.75, 3.05) is 0 Å². The molecule has 0 radical (unpaired) electrons. The van der Waals surface area contributed by atoms with Crippen LogP contribution in [-0.2, 0) is 5.41 Å². The molecule has 3 atom stereocenters. The summed E-state index contributed by atoms with van der Waals surface area (Å²) in [5.41, 5.74) is 4.22. The van der Waals surface area contributed by atoms with Crippen LogP contribution in [0, 0.1) is 0 Å². The molecular formula is C23H23N. The van der Waals surface area contributed by atoms with Crippen LogP contribution in [0.5, 0.6) is 0 Å². The van der Waals surface area contributed by atoms with Crippen molar-refractivity contribution in [3.8, 4) is 0 Å². The zero-order valence-corrected chi connectivity index (χ0v) is 14.0. The van der Waals surface area contributed by atoms with Crippen LogP contribution in [0.4, 0.5) is 0 Å². The van der Waals surface area contributed by atoms with Crippen molar-refractivity contribution in [3.63, 3.8) is 0 Å². The second-order valence-corrected chi connectivity index (χ2v) is 6.96. The molecule has 1 saturated heterocycles. The molecule has 0 unspecified atom stereocenters. The van der Waals surface area contributed by atoms with Crippen molar-refractivity contribution in [1.29, 1.82) is 0 Å². The van der Waals surface area contributed by atoms with E-state index >= 15 is 0 Å². The Morgan fingerprint density at radius 2 is 1.21 bits per heavy atom. The van der Waals surface area contributed by atoms with Gasteiger partial charge in [0.1, 0.15) is 0 Å². The van der Waals surface area contributed by atoms with E-state index in [1.807, 2.05) is 0 Å². The van der Waals surface area contributed by atoms with Gasteiger partial charge < -0.3 is 5.32 Å². The van der Waals surface area contributed by atoms with E-state index in [4.69, 9.17) is 0 Å². The highest BCUT2D eigenvalue weighted by atomic mass is 15.0. The molecule has 0 aromatic heterocycles. The van der Waals surface area contributed by atoms with Crippen LogP contribution >= 0.6 is 0 Å². The molecule has 120 valence electrons. The minimum atomic E-state index is 0.0725. The average molecular weight is 313 g/mol. The Kier molecular flexibility index (Phi) is 3.95. The summed E-state index contributed by atoms with van der Waals surface area (Å²) in [7, 11) is 0. The molecule has 0 spiro atoms. The molecule has 3 aromatic carbocycles. The van der Waals surface area contributed by atoms with E-state index in [9.17, 15) is 0 Å². The summed E-state index contributed by atoms with van der Waals surface area (Å²) in [6.45, 7) is 2.40. The smallest absolute Gasteiger partial charge is 0.0421 e. The van der Waals surface area contributed by atoms with Gasteiger partial charge in [0.05, 0.1) is 0 Å². The lowest BCUT2D eigenvalue weighted by molar-refractivity contribution is 0.414. The third-order valence-electron chi connectivity index (χ3n) is 5.40. The summed E-state index contributed by atoms with van der Waals surface area (Å²) in [4.78, 5) is 0.